The predicted octanol–water partition coefficient (Wildman–Crippen LogP) is 0.695. The molecule has 78 valence electrons. The van der Waals surface area contributed by atoms with E-state index in [0.717, 1.165) is 31.0 Å². The number of nitrogens with zero attached hydrogens (tertiary/aromatic N) is 3. The molecule has 0 aliphatic heterocycles. The van der Waals surface area contributed by atoms with Crippen LogP contribution in [0.15, 0.2) is 12.1 Å². The van der Waals surface area contributed by atoms with Gasteiger partial charge in [0.05, 0.1) is 5.69 Å². The van der Waals surface area contributed by atoms with Crippen molar-refractivity contribution in [3.63, 3.8) is 0 Å². The Morgan fingerprint density at radius 2 is 2.14 bits per heavy atom. The van der Waals surface area contributed by atoms with Crippen molar-refractivity contribution in [3.05, 3.63) is 17.8 Å². The van der Waals surface area contributed by atoms with Crippen LogP contribution in [-0.2, 0) is 6.42 Å². The van der Waals surface area contributed by atoms with Gasteiger partial charge in [-0.1, -0.05) is 6.92 Å². The highest BCUT2D eigenvalue weighted by Gasteiger charge is 2.01. The monoisotopic (exact) mass is 194 g/mol. The third-order valence-corrected chi connectivity index (χ3v) is 2.16. The van der Waals surface area contributed by atoms with E-state index in [4.69, 9.17) is 0 Å². The van der Waals surface area contributed by atoms with E-state index in [-0.39, 0.29) is 0 Å². The minimum Gasteiger partial charge on any atom is -0.357 e. The van der Waals surface area contributed by atoms with Gasteiger partial charge < -0.3 is 10.2 Å². The van der Waals surface area contributed by atoms with Gasteiger partial charge in [-0.2, -0.15) is 5.10 Å². The van der Waals surface area contributed by atoms with Crippen molar-refractivity contribution in [2.75, 3.05) is 32.1 Å². The van der Waals surface area contributed by atoms with Crippen molar-refractivity contribution in [3.8, 4) is 0 Å². The number of hydrogen-bond acceptors (Lipinski definition) is 4. The second-order valence-electron chi connectivity index (χ2n) is 3.26. The minimum absolute atomic E-state index is 0.928. The topological polar surface area (TPSA) is 41.0 Å². The van der Waals surface area contributed by atoms with Crippen LogP contribution in [0.3, 0.4) is 0 Å². The normalized spacial score (nSPS) is 10.2. The molecule has 0 aliphatic rings. The molecule has 4 heteroatoms. The van der Waals surface area contributed by atoms with Crippen molar-refractivity contribution in [2.24, 2.45) is 0 Å². The van der Waals surface area contributed by atoms with E-state index in [9.17, 15) is 0 Å². The Bertz CT molecular complexity index is 257. The molecule has 4 nitrogen and oxygen atoms in total. The lowest BCUT2D eigenvalue weighted by molar-refractivity contribution is 0.752. The molecule has 14 heavy (non-hydrogen) atoms. The van der Waals surface area contributed by atoms with Gasteiger partial charge in [-0.3, -0.25) is 0 Å². The summed E-state index contributed by atoms with van der Waals surface area (Å²) in [5.41, 5.74) is 1.04. The Morgan fingerprint density at radius 1 is 1.36 bits per heavy atom. The molecule has 1 N–H and O–H groups in total. The molecule has 1 aromatic heterocycles. The zero-order valence-corrected chi connectivity index (χ0v) is 9.12. The molecule has 1 aromatic rings. The van der Waals surface area contributed by atoms with Crippen LogP contribution < -0.4 is 10.2 Å². The molecule has 0 saturated carbocycles. The molecular formula is C10H18N4. The summed E-state index contributed by atoms with van der Waals surface area (Å²) >= 11 is 0. The lowest BCUT2D eigenvalue weighted by Crippen LogP contribution is -2.27. The predicted molar refractivity (Wildman–Crippen MR) is 58.6 cm³/mol. The largest absolute Gasteiger partial charge is 0.357 e. The fourth-order valence-electron chi connectivity index (χ4n) is 1.14. The zero-order chi connectivity index (χ0) is 10.4. The zero-order valence-electron chi connectivity index (χ0n) is 9.12. The van der Waals surface area contributed by atoms with Crippen LogP contribution in [0.1, 0.15) is 12.6 Å². The Kier molecular flexibility index (Phi) is 4.32. The van der Waals surface area contributed by atoms with Crippen LogP contribution in [0.2, 0.25) is 0 Å². The van der Waals surface area contributed by atoms with Crippen LogP contribution in [0.4, 0.5) is 5.82 Å². The molecule has 0 amide bonds. The van der Waals surface area contributed by atoms with E-state index >= 15 is 0 Å². The van der Waals surface area contributed by atoms with Gasteiger partial charge in [-0.15, -0.1) is 5.10 Å². The van der Waals surface area contributed by atoms with Crippen molar-refractivity contribution >= 4 is 5.82 Å². The molecule has 0 unspecified atom stereocenters. The average Bonchev–Trinajstić information content (AvgIpc) is 2.26. The highest BCUT2D eigenvalue weighted by atomic mass is 15.2. The number of nitrogens with one attached hydrogen (secondary N) is 1. The van der Waals surface area contributed by atoms with Crippen LogP contribution in [0.25, 0.3) is 0 Å². The summed E-state index contributed by atoms with van der Waals surface area (Å²) in [5.74, 6) is 0.928. The fourth-order valence-corrected chi connectivity index (χ4v) is 1.14. The van der Waals surface area contributed by atoms with E-state index in [0.29, 0.717) is 0 Å². The van der Waals surface area contributed by atoms with Crippen LogP contribution in [0.5, 0.6) is 0 Å². The van der Waals surface area contributed by atoms with Gasteiger partial charge in [0.15, 0.2) is 5.82 Å². The minimum atomic E-state index is 0.928. The van der Waals surface area contributed by atoms with Crippen molar-refractivity contribution in [1.82, 2.24) is 15.5 Å². The first-order chi connectivity index (χ1) is 6.77. The lowest BCUT2D eigenvalue weighted by atomic mass is 10.3. The molecule has 0 fully saturated rings. The van der Waals surface area contributed by atoms with Gasteiger partial charge in [0.25, 0.3) is 0 Å². The number of aromatic nitrogens is 2. The second-order valence-corrected chi connectivity index (χ2v) is 3.26. The maximum Gasteiger partial charge on any atom is 0.151 e. The highest BCUT2D eigenvalue weighted by molar-refractivity contribution is 5.35. The number of anilines is 1. The third kappa shape index (κ3) is 2.96. The van der Waals surface area contributed by atoms with Gasteiger partial charge in [-0.05, 0) is 25.6 Å². The Labute approximate surface area is 85.3 Å². The molecular weight excluding hydrogens is 176 g/mol. The van der Waals surface area contributed by atoms with Crippen LogP contribution in [0, 0.1) is 0 Å². The maximum absolute atomic E-state index is 4.15. The Morgan fingerprint density at radius 3 is 2.64 bits per heavy atom. The number of hydrogen-bond donors (Lipinski definition) is 1. The van der Waals surface area contributed by atoms with E-state index in [1.54, 1.807) is 0 Å². The van der Waals surface area contributed by atoms with E-state index in [1.807, 2.05) is 26.2 Å². The molecule has 0 spiro atoms. The average molecular weight is 194 g/mol. The van der Waals surface area contributed by atoms with Gasteiger partial charge in [0, 0.05) is 20.1 Å². The summed E-state index contributed by atoms with van der Waals surface area (Å²) < 4.78 is 0. The third-order valence-electron chi connectivity index (χ3n) is 2.16. The van der Waals surface area contributed by atoms with Gasteiger partial charge >= 0.3 is 0 Å². The van der Waals surface area contributed by atoms with Crippen molar-refractivity contribution in [2.45, 2.75) is 13.3 Å². The van der Waals surface area contributed by atoms with Crippen LogP contribution >= 0.6 is 0 Å². The molecule has 1 rings (SSSR count). The standard InChI is InChI=1S/C10H18N4/c1-4-9-5-6-10(13-12-9)14(3)8-7-11-2/h5-6,11H,4,7-8H2,1-3H3. The quantitative estimate of drug-likeness (QED) is 0.749. The van der Waals surface area contributed by atoms with Gasteiger partial charge in [-0.25, -0.2) is 0 Å². The molecule has 1 heterocycles. The maximum atomic E-state index is 4.15. The number of likely N-dealkylation sites (N-methyl/N-ethyl adjacent to an activating group) is 2. The summed E-state index contributed by atoms with van der Waals surface area (Å²) in [6.45, 7) is 3.97. The smallest absolute Gasteiger partial charge is 0.151 e. The summed E-state index contributed by atoms with van der Waals surface area (Å²) in [7, 11) is 3.96. The van der Waals surface area contributed by atoms with Crippen LogP contribution in [-0.4, -0.2) is 37.4 Å². The lowest BCUT2D eigenvalue weighted by Gasteiger charge is -2.16. The first-order valence-electron chi connectivity index (χ1n) is 4.96. The highest BCUT2D eigenvalue weighted by Crippen LogP contribution is 2.06. The second kappa shape index (κ2) is 5.54. The Balaban J connectivity index is 2.57. The summed E-state index contributed by atoms with van der Waals surface area (Å²) in [5, 5.41) is 11.4. The fraction of sp³-hybridized carbons (Fsp3) is 0.600. The first-order valence-corrected chi connectivity index (χ1v) is 4.96. The van der Waals surface area contributed by atoms with Gasteiger partial charge in [0.1, 0.15) is 0 Å². The van der Waals surface area contributed by atoms with Crippen molar-refractivity contribution in [1.29, 1.82) is 0 Å². The summed E-state index contributed by atoms with van der Waals surface area (Å²) in [6, 6.07) is 4.04. The summed E-state index contributed by atoms with van der Waals surface area (Å²) in [6.07, 6.45) is 0.938. The molecule has 0 atom stereocenters. The molecule has 0 aliphatic carbocycles. The molecule has 0 radical (unpaired) electrons. The Hall–Kier alpha value is -1.16. The molecule has 0 bridgehead atoms. The summed E-state index contributed by atoms with van der Waals surface area (Å²) in [4.78, 5) is 2.09. The number of aryl methyl sites for hydroxylation is 1. The SMILES string of the molecule is CCc1ccc(N(C)CCNC)nn1. The van der Waals surface area contributed by atoms with Crippen molar-refractivity contribution < 1.29 is 0 Å². The van der Waals surface area contributed by atoms with E-state index < -0.39 is 0 Å². The van der Waals surface area contributed by atoms with E-state index in [2.05, 4.69) is 27.3 Å². The molecule has 0 aromatic carbocycles. The molecule has 0 saturated heterocycles. The number of rotatable bonds is 5. The van der Waals surface area contributed by atoms with Gasteiger partial charge in [0.2, 0.25) is 0 Å². The van der Waals surface area contributed by atoms with E-state index in [1.165, 1.54) is 0 Å². The first kappa shape index (κ1) is 10.9.